The fourth-order valence-electron chi connectivity index (χ4n) is 3.21. The quantitative estimate of drug-likeness (QED) is 0.152. The second-order valence-electron chi connectivity index (χ2n) is 8.08. The van der Waals surface area contributed by atoms with E-state index in [9.17, 15) is 13.0 Å². The molecular formula is C26H22N7NaO3S. The minimum absolute atomic E-state index is 0. The van der Waals surface area contributed by atoms with Gasteiger partial charge in [-0.1, -0.05) is 0 Å². The molecule has 0 aliphatic heterocycles. The fourth-order valence-corrected chi connectivity index (χ4v) is 3.68. The van der Waals surface area contributed by atoms with Crippen molar-refractivity contribution in [1.82, 2.24) is 0 Å². The molecule has 0 saturated carbocycles. The maximum absolute atomic E-state index is 11.0. The molecular weight excluding hydrogens is 513 g/mol. The zero-order chi connectivity index (χ0) is 26.4. The van der Waals surface area contributed by atoms with E-state index < -0.39 is 10.1 Å². The summed E-state index contributed by atoms with van der Waals surface area (Å²) in [5.41, 5.74) is 12.1. The van der Waals surface area contributed by atoms with E-state index in [2.05, 4.69) is 30.7 Å². The van der Waals surface area contributed by atoms with Gasteiger partial charge in [0.1, 0.15) is 10.1 Å². The summed E-state index contributed by atoms with van der Waals surface area (Å²) >= 11 is 0. The van der Waals surface area contributed by atoms with Gasteiger partial charge in [-0.2, -0.15) is 30.7 Å². The molecule has 4 rings (SSSR count). The fraction of sp³-hybridized carbons (Fsp3) is 0.0769. The van der Waals surface area contributed by atoms with Crippen molar-refractivity contribution in [2.45, 2.75) is 18.7 Å². The molecule has 0 fully saturated rings. The SMILES string of the molecule is Cc1cc(N)ccc1N=Nc1ccc(N=Nc2ccc(N=Nc3ccc(S(=O)(=O)[O-])cc3)cc2)c(C)c1.[Na+]. The number of hydrogen-bond donors (Lipinski definition) is 1. The van der Waals surface area contributed by atoms with Gasteiger partial charge in [-0.15, -0.1) is 0 Å². The van der Waals surface area contributed by atoms with Crippen LogP contribution in [0.3, 0.4) is 0 Å². The van der Waals surface area contributed by atoms with Crippen molar-refractivity contribution >= 4 is 49.9 Å². The van der Waals surface area contributed by atoms with Crippen molar-refractivity contribution in [3.63, 3.8) is 0 Å². The first-order valence-corrected chi connectivity index (χ1v) is 12.5. The largest absolute Gasteiger partial charge is 1.00 e. The van der Waals surface area contributed by atoms with Gasteiger partial charge in [-0.3, -0.25) is 0 Å². The molecule has 186 valence electrons. The minimum atomic E-state index is -4.49. The van der Waals surface area contributed by atoms with Crippen molar-refractivity contribution in [1.29, 1.82) is 0 Å². The Morgan fingerprint density at radius 3 is 1.45 bits per heavy atom. The second-order valence-corrected chi connectivity index (χ2v) is 9.46. The van der Waals surface area contributed by atoms with Crippen LogP contribution in [0.15, 0.2) is 121 Å². The number of anilines is 1. The normalized spacial score (nSPS) is 11.9. The third-order valence-electron chi connectivity index (χ3n) is 5.20. The Labute approximate surface area is 242 Å². The van der Waals surface area contributed by atoms with Crippen LogP contribution >= 0.6 is 0 Å². The predicted molar refractivity (Wildman–Crippen MR) is 140 cm³/mol. The molecule has 0 aliphatic carbocycles. The van der Waals surface area contributed by atoms with E-state index in [4.69, 9.17) is 5.73 Å². The smallest absolute Gasteiger partial charge is 0.744 e. The van der Waals surface area contributed by atoms with Gasteiger partial charge in [0.05, 0.1) is 39.0 Å². The second kappa shape index (κ2) is 12.8. The number of hydrogen-bond acceptors (Lipinski definition) is 10. The number of nitrogen functional groups attached to an aromatic ring is 1. The Kier molecular flexibility index (Phi) is 9.72. The van der Waals surface area contributed by atoms with E-state index >= 15 is 0 Å². The standard InChI is InChI=1S/C26H23N7O3S.Na/c1-17-15-19(27)3-13-25(17)33-31-23-10-14-26(18(2)16-23)32-30-21-6-4-20(5-7-21)28-29-22-8-11-24(12-9-22)37(34,35)36;/h3-16H,27H2,1-2H3,(H,34,35,36);/q;+1/p-1. The van der Waals surface area contributed by atoms with E-state index in [1.807, 2.05) is 44.2 Å². The summed E-state index contributed by atoms with van der Waals surface area (Å²) in [4.78, 5) is -0.316. The Morgan fingerprint density at radius 1 is 0.579 bits per heavy atom. The van der Waals surface area contributed by atoms with Gasteiger partial charge in [-0.05, 0) is 110 Å². The van der Waals surface area contributed by atoms with E-state index in [-0.39, 0.29) is 34.5 Å². The molecule has 38 heavy (non-hydrogen) atoms. The average molecular weight is 536 g/mol. The number of nitrogens with zero attached hydrogens (tertiary/aromatic N) is 6. The van der Waals surface area contributed by atoms with Crippen molar-refractivity contribution in [3.05, 3.63) is 96.1 Å². The zero-order valence-electron chi connectivity index (χ0n) is 21.0. The van der Waals surface area contributed by atoms with E-state index in [1.165, 1.54) is 24.3 Å². The molecule has 0 aliphatic rings. The molecule has 0 bridgehead atoms. The summed E-state index contributed by atoms with van der Waals surface area (Å²) in [5.74, 6) is 0. The monoisotopic (exact) mass is 535 g/mol. The number of benzene rings is 4. The van der Waals surface area contributed by atoms with Crippen molar-refractivity contribution < 1.29 is 42.5 Å². The Hall–Kier alpha value is -3.61. The van der Waals surface area contributed by atoms with Crippen LogP contribution in [0.4, 0.5) is 39.8 Å². The van der Waals surface area contributed by atoms with Crippen molar-refractivity contribution in [3.8, 4) is 0 Å². The van der Waals surface area contributed by atoms with Crippen LogP contribution in [0.1, 0.15) is 11.1 Å². The van der Waals surface area contributed by atoms with Gasteiger partial charge in [0.25, 0.3) is 0 Å². The number of azo groups is 3. The van der Waals surface area contributed by atoms with Crippen LogP contribution in [-0.4, -0.2) is 13.0 Å². The van der Waals surface area contributed by atoms with Gasteiger partial charge in [0, 0.05) is 5.69 Å². The van der Waals surface area contributed by atoms with Crippen molar-refractivity contribution in [2.75, 3.05) is 5.73 Å². The molecule has 0 spiro atoms. The van der Waals surface area contributed by atoms with Crippen LogP contribution in [0.25, 0.3) is 0 Å². The molecule has 0 atom stereocenters. The van der Waals surface area contributed by atoms with E-state index in [0.717, 1.165) is 16.8 Å². The summed E-state index contributed by atoms with van der Waals surface area (Å²) < 4.78 is 33.0. The molecule has 0 amide bonds. The van der Waals surface area contributed by atoms with Crippen LogP contribution in [-0.2, 0) is 10.1 Å². The molecule has 0 aromatic heterocycles. The van der Waals surface area contributed by atoms with Crippen LogP contribution in [0.2, 0.25) is 0 Å². The Bertz CT molecular complexity index is 1620. The van der Waals surface area contributed by atoms with Gasteiger partial charge < -0.3 is 10.3 Å². The van der Waals surface area contributed by atoms with Gasteiger partial charge in [-0.25, -0.2) is 8.42 Å². The number of nitrogens with two attached hydrogens (primary N) is 1. The van der Waals surface area contributed by atoms with Gasteiger partial charge in [0.2, 0.25) is 0 Å². The molecule has 2 N–H and O–H groups in total. The topological polar surface area (TPSA) is 157 Å². The third kappa shape index (κ3) is 7.94. The molecule has 0 heterocycles. The van der Waals surface area contributed by atoms with E-state index in [1.54, 1.807) is 30.3 Å². The zero-order valence-corrected chi connectivity index (χ0v) is 23.8. The predicted octanol–water partition coefficient (Wildman–Crippen LogP) is 5.04. The van der Waals surface area contributed by atoms with Gasteiger partial charge >= 0.3 is 29.6 Å². The summed E-state index contributed by atoms with van der Waals surface area (Å²) in [6.45, 7) is 3.85. The maximum atomic E-state index is 11.0. The first-order chi connectivity index (χ1) is 17.7. The maximum Gasteiger partial charge on any atom is 1.00 e. The van der Waals surface area contributed by atoms with Crippen LogP contribution in [0, 0.1) is 13.8 Å². The minimum Gasteiger partial charge on any atom is -0.744 e. The summed E-state index contributed by atoms with van der Waals surface area (Å²) in [5, 5.41) is 25.3. The molecule has 4 aromatic carbocycles. The third-order valence-corrected chi connectivity index (χ3v) is 6.05. The van der Waals surface area contributed by atoms with E-state index in [0.29, 0.717) is 34.1 Å². The first kappa shape index (κ1) is 29.0. The summed E-state index contributed by atoms with van der Waals surface area (Å²) in [6.07, 6.45) is 0. The Morgan fingerprint density at radius 2 is 0.974 bits per heavy atom. The van der Waals surface area contributed by atoms with Crippen molar-refractivity contribution in [2.24, 2.45) is 30.7 Å². The molecule has 4 aromatic rings. The molecule has 0 saturated heterocycles. The summed E-state index contributed by atoms with van der Waals surface area (Å²) in [7, 11) is -4.49. The van der Waals surface area contributed by atoms with Crippen LogP contribution < -0.4 is 35.3 Å². The summed E-state index contributed by atoms with van der Waals surface area (Å²) in [6, 6.07) is 23.1. The number of aryl methyl sites for hydroxylation is 2. The molecule has 10 nitrogen and oxygen atoms in total. The molecule has 0 radical (unpaired) electrons. The number of rotatable bonds is 7. The first-order valence-electron chi connectivity index (χ1n) is 11.1. The molecule has 12 heteroatoms. The Balaban J connectivity index is 0.00000400. The van der Waals surface area contributed by atoms with Gasteiger partial charge in [0.15, 0.2) is 0 Å². The average Bonchev–Trinajstić information content (AvgIpc) is 2.87. The van der Waals surface area contributed by atoms with Crippen LogP contribution in [0.5, 0.6) is 0 Å². The molecule has 0 unspecified atom stereocenters.